The predicted molar refractivity (Wildman–Crippen MR) is 90.5 cm³/mol. The molecule has 1 fully saturated rings. The van der Waals surface area contributed by atoms with Crippen molar-refractivity contribution in [3.8, 4) is 5.75 Å². The molecule has 2 rings (SSSR count). The third-order valence-electron chi connectivity index (χ3n) is 3.82. The van der Waals surface area contributed by atoms with Crippen molar-refractivity contribution < 1.29 is 19.1 Å². The molecule has 1 aromatic rings. The number of hydrogen-bond acceptors (Lipinski definition) is 4. The number of carbonyl (C=O) groups is 2. The molecule has 1 aliphatic rings. The van der Waals surface area contributed by atoms with Gasteiger partial charge in [0, 0.05) is 5.70 Å². The van der Waals surface area contributed by atoms with Crippen molar-refractivity contribution in [3.05, 3.63) is 42.1 Å². The Labute approximate surface area is 142 Å². The molecule has 6 heteroatoms. The summed E-state index contributed by atoms with van der Waals surface area (Å²) in [5.41, 5.74) is 1.14. The van der Waals surface area contributed by atoms with Gasteiger partial charge in [0.2, 0.25) is 0 Å². The fourth-order valence-corrected chi connectivity index (χ4v) is 2.58. The van der Waals surface area contributed by atoms with E-state index < -0.39 is 12.0 Å². The molecule has 2 amide bonds. The number of hydrogen-bond donors (Lipinski definition) is 2. The Morgan fingerprint density at radius 1 is 1.25 bits per heavy atom. The summed E-state index contributed by atoms with van der Waals surface area (Å²) in [4.78, 5) is 24.2. The summed E-state index contributed by atoms with van der Waals surface area (Å²) in [7, 11) is 0. The highest BCUT2D eigenvalue weighted by atomic mass is 16.5. The average Bonchev–Trinajstić information content (AvgIpc) is 2.55. The Balaban J connectivity index is 2.19. The number of urea groups is 1. The van der Waals surface area contributed by atoms with Gasteiger partial charge in [-0.1, -0.05) is 32.1 Å². The monoisotopic (exact) mass is 332 g/mol. The Kier molecular flexibility index (Phi) is 6.23. The van der Waals surface area contributed by atoms with Crippen LogP contribution in [0.3, 0.4) is 0 Å². The lowest BCUT2D eigenvalue weighted by molar-refractivity contribution is -0.148. The first-order valence-corrected chi connectivity index (χ1v) is 8.22. The summed E-state index contributed by atoms with van der Waals surface area (Å²) in [5, 5.41) is 5.35. The van der Waals surface area contributed by atoms with Crippen LogP contribution in [0.4, 0.5) is 4.79 Å². The summed E-state index contributed by atoms with van der Waals surface area (Å²) >= 11 is 0. The molecule has 2 N–H and O–H groups in total. The molecule has 0 aromatic heterocycles. The molecule has 24 heavy (non-hydrogen) atoms. The Morgan fingerprint density at radius 3 is 2.58 bits per heavy atom. The van der Waals surface area contributed by atoms with Crippen LogP contribution in [-0.2, 0) is 9.53 Å². The first kappa shape index (κ1) is 17.8. The molecule has 6 nitrogen and oxygen atoms in total. The first-order chi connectivity index (χ1) is 11.6. The van der Waals surface area contributed by atoms with E-state index in [9.17, 15) is 9.59 Å². The number of benzene rings is 1. The minimum atomic E-state index is -0.669. The highest BCUT2D eigenvalue weighted by molar-refractivity contribution is 5.85. The SMILES string of the molecule is C=C1NC(=O)N[C@H](c2ccc(OCC)cc2)[C@@H]1C(=O)OCCCC. The molecule has 0 bridgehead atoms. The quantitative estimate of drug-likeness (QED) is 0.594. The zero-order chi connectivity index (χ0) is 17.5. The third kappa shape index (κ3) is 4.28. The second kappa shape index (κ2) is 8.38. The normalized spacial score (nSPS) is 20.1. The third-order valence-corrected chi connectivity index (χ3v) is 3.82. The van der Waals surface area contributed by atoms with E-state index in [0.29, 0.717) is 18.9 Å². The number of nitrogens with one attached hydrogen (secondary N) is 2. The number of carbonyl (C=O) groups excluding carboxylic acids is 2. The van der Waals surface area contributed by atoms with Gasteiger partial charge in [-0.15, -0.1) is 0 Å². The fraction of sp³-hybridized carbons (Fsp3) is 0.444. The number of unbranched alkanes of at least 4 members (excludes halogenated alkanes) is 1. The second-order valence-electron chi connectivity index (χ2n) is 5.60. The smallest absolute Gasteiger partial charge is 0.319 e. The van der Waals surface area contributed by atoms with E-state index in [0.717, 1.165) is 24.2 Å². The molecule has 1 saturated heterocycles. The molecule has 1 heterocycles. The topological polar surface area (TPSA) is 76.7 Å². The lowest BCUT2D eigenvalue weighted by Crippen LogP contribution is -2.51. The van der Waals surface area contributed by atoms with E-state index in [-0.39, 0.29) is 12.0 Å². The van der Waals surface area contributed by atoms with Crippen molar-refractivity contribution in [2.45, 2.75) is 32.7 Å². The Hall–Kier alpha value is -2.50. The molecule has 1 aromatic carbocycles. The van der Waals surface area contributed by atoms with Gasteiger partial charge in [0.05, 0.1) is 19.3 Å². The maximum Gasteiger partial charge on any atom is 0.319 e. The van der Waals surface area contributed by atoms with Crippen molar-refractivity contribution >= 4 is 12.0 Å². The van der Waals surface area contributed by atoms with Crippen LogP contribution < -0.4 is 15.4 Å². The second-order valence-corrected chi connectivity index (χ2v) is 5.60. The van der Waals surface area contributed by atoms with E-state index >= 15 is 0 Å². The van der Waals surface area contributed by atoms with Crippen LogP contribution in [0.15, 0.2) is 36.5 Å². The fourth-order valence-electron chi connectivity index (χ4n) is 2.58. The number of esters is 1. The molecule has 0 aliphatic carbocycles. The summed E-state index contributed by atoms with van der Waals surface area (Å²) < 4.78 is 10.7. The lowest BCUT2D eigenvalue weighted by atomic mass is 9.89. The van der Waals surface area contributed by atoms with Gasteiger partial charge >= 0.3 is 12.0 Å². The number of rotatable bonds is 7. The van der Waals surface area contributed by atoms with E-state index in [1.54, 1.807) is 0 Å². The number of ether oxygens (including phenoxy) is 2. The van der Waals surface area contributed by atoms with Crippen LogP contribution in [0.5, 0.6) is 5.75 Å². The van der Waals surface area contributed by atoms with E-state index in [4.69, 9.17) is 9.47 Å². The molecule has 2 atom stereocenters. The first-order valence-electron chi connectivity index (χ1n) is 8.22. The van der Waals surface area contributed by atoms with Gasteiger partial charge in [0.25, 0.3) is 0 Å². The summed E-state index contributed by atoms with van der Waals surface area (Å²) in [5.74, 6) is -0.320. The van der Waals surface area contributed by atoms with Gasteiger partial charge in [-0.25, -0.2) is 4.79 Å². The molecule has 1 aliphatic heterocycles. The van der Waals surface area contributed by atoms with Crippen LogP contribution in [0.2, 0.25) is 0 Å². The Bertz CT molecular complexity index is 598. The zero-order valence-electron chi connectivity index (χ0n) is 14.1. The van der Waals surface area contributed by atoms with Crippen molar-refractivity contribution in [1.29, 1.82) is 0 Å². The van der Waals surface area contributed by atoms with Gasteiger partial charge in [-0.05, 0) is 31.0 Å². The van der Waals surface area contributed by atoms with Gasteiger partial charge in [0.1, 0.15) is 11.7 Å². The van der Waals surface area contributed by atoms with Crippen molar-refractivity contribution in [1.82, 2.24) is 10.6 Å². The standard InChI is InChI=1S/C18H24N2O4/c1-4-6-11-24-17(21)15-12(3)19-18(22)20-16(15)13-7-9-14(10-8-13)23-5-2/h7-10,15-16H,3-6,11H2,1-2H3,(H2,19,20,22)/t15-,16-/m1/s1. The maximum absolute atomic E-state index is 12.4. The minimum Gasteiger partial charge on any atom is -0.494 e. The van der Waals surface area contributed by atoms with Gasteiger partial charge in [-0.2, -0.15) is 0 Å². The zero-order valence-corrected chi connectivity index (χ0v) is 14.1. The van der Waals surface area contributed by atoms with Crippen molar-refractivity contribution in [2.75, 3.05) is 13.2 Å². The molecule has 0 spiro atoms. The number of amides is 2. The average molecular weight is 332 g/mol. The molecule has 130 valence electrons. The summed E-state index contributed by atoms with van der Waals surface area (Å²) in [6.07, 6.45) is 1.74. The van der Waals surface area contributed by atoms with E-state index in [1.807, 2.05) is 38.1 Å². The van der Waals surface area contributed by atoms with E-state index in [2.05, 4.69) is 17.2 Å². The van der Waals surface area contributed by atoms with Crippen LogP contribution in [0.1, 0.15) is 38.3 Å². The lowest BCUT2D eigenvalue weighted by Gasteiger charge is -2.33. The summed E-state index contributed by atoms with van der Waals surface area (Å²) in [6.45, 7) is 8.70. The summed E-state index contributed by atoms with van der Waals surface area (Å²) in [6, 6.07) is 6.40. The van der Waals surface area contributed by atoms with Gasteiger partial charge in [-0.3, -0.25) is 4.79 Å². The van der Waals surface area contributed by atoms with Crippen molar-refractivity contribution in [2.24, 2.45) is 5.92 Å². The predicted octanol–water partition coefficient (Wildman–Crippen LogP) is 2.91. The Morgan fingerprint density at radius 2 is 1.96 bits per heavy atom. The van der Waals surface area contributed by atoms with Crippen LogP contribution in [-0.4, -0.2) is 25.2 Å². The highest BCUT2D eigenvalue weighted by Crippen LogP contribution is 2.31. The molecule has 0 saturated carbocycles. The van der Waals surface area contributed by atoms with Gasteiger partial charge < -0.3 is 20.1 Å². The van der Waals surface area contributed by atoms with Crippen LogP contribution in [0.25, 0.3) is 0 Å². The van der Waals surface area contributed by atoms with E-state index in [1.165, 1.54) is 0 Å². The maximum atomic E-state index is 12.4. The molecular weight excluding hydrogens is 308 g/mol. The largest absolute Gasteiger partial charge is 0.494 e. The van der Waals surface area contributed by atoms with Crippen molar-refractivity contribution in [3.63, 3.8) is 0 Å². The molecular formula is C18H24N2O4. The highest BCUT2D eigenvalue weighted by Gasteiger charge is 2.38. The van der Waals surface area contributed by atoms with Crippen LogP contribution in [0, 0.1) is 5.92 Å². The van der Waals surface area contributed by atoms with Crippen LogP contribution >= 0.6 is 0 Å². The molecule has 0 unspecified atom stereocenters. The minimum absolute atomic E-state index is 0.346. The van der Waals surface area contributed by atoms with Gasteiger partial charge in [0.15, 0.2) is 0 Å². The molecule has 0 radical (unpaired) electrons.